The second-order valence-electron chi connectivity index (χ2n) is 4.38. The van der Waals surface area contributed by atoms with Gasteiger partial charge in [0.25, 0.3) is 0 Å². The van der Waals surface area contributed by atoms with Gasteiger partial charge in [0.15, 0.2) is 0 Å². The first kappa shape index (κ1) is 14.6. The summed E-state index contributed by atoms with van der Waals surface area (Å²) in [6, 6.07) is 0. The quantitative estimate of drug-likeness (QED) is 0.556. The number of amides is 1. The van der Waals surface area contributed by atoms with Crippen molar-refractivity contribution in [2.75, 3.05) is 13.2 Å². The molecule has 5 nitrogen and oxygen atoms in total. The first-order chi connectivity index (χ1) is 7.37. The van der Waals surface area contributed by atoms with Crippen LogP contribution in [-0.2, 0) is 9.59 Å². The Morgan fingerprint density at radius 2 is 1.94 bits per heavy atom. The Balaban J connectivity index is 3.94. The average Bonchev–Trinajstić information content (AvgIpc) is 2.21. The first-order valence-electron chi connectivity index (χ1n) is 5.17. The number of hydrogen-bond acceptors (Lipinski definition) is 3. The van der Waals surface area contributed by atoms with Gasteiger partial charge < -0.3 is 15.5 Å². The second kappa shape index (κ2) is 7.00. The minimum Gasteiger partial charge on any atom is -0.478 e. The van der Waals surface area contributed by atoms with E-state index in [9.17, 15) is 9.59 Å². The monoisotopic (exact) mass is 229 g/mol. The van der Waals surface area contributed by atoms with Crippen molar-refractivity contribution >= 4 is 11.9 Å². The molecule has 0 saturated carbocycles. The van der Waals surface area contributed by atoms with E-state index < -0.39 is 11.9 Å². The highest BCUT2D eigenvalue weighted by Crippen LogP contribution is 2.20. The molecule has 0 bridgehead atoms. The molecule has 0 rings (SSSR count). The number of carboxylic acid groups (broad SMARTS) is 1. The Morgan fingerprint density at radius 3 is 2.44 bits per heavy atom. The van der Waals surface area contributed by atoms with Crippen LogP contribution in [0.25, 0.3) is 0 Å². The summed E-state index contributed by atoms with van der Waals surface area (Å²) in [4.78, 5) is 21.3. The zero-order chi connectivity index (χ0) is 12.6. The van der Waals surface area contributed by atoms with Gasteiger partial charge in [-0.05, 0) is 18.3 Å². The van der Waals surface area contributed by atoms with E-state index >= 15 is 0 Å². The number of carboxylic acids is 1. The van der Waals surface area contributed by atoms with Gasteiger partial charge in [0.05, 0.1) is 0 Å². The highest BCUT2D eigenvalue weighted by atomic mass is 16.4. The fourth-order valence-corrected chi connectivity index (χ4v) is 1.18. The van der Waals surface area contributed by atoms with Crippen molar-refractivity contribution in [2.45, 2.75) is 26.7 Å². The Hall–Kier alpha value is -1.36. The van der Waals surface area contributed by atoms with Crippen LogP contribution in [0.5, 0.6) is 0 Å². The highest BCUT2D eigenvalue weighted by molar-refractivity contribution is 5.93. The largest absolute Gasteiger partial charge is 0.478 e. The lowest BCUT2D eigenvalue weighted by molar-refractivity contribution is -0.131. The summed E-state index contributed by atoms with van der Waals surface area (Å²) in [5, 5.41) is 19.6. The Labute approximate surface area is 95.2 Å². The summed E-state index contributed by atoms with van der Waals surface area (Å²) in [5.41, 5.74) is -0.102. The molecule has 3 N–H and O–H groups in total. The van der Waals surface area contributed by atoms with Gasteiger partial charge in [0.1, 0.15) is 0 Å². The van der Waals surface area contributed by atoms with E-state index in [-0.39, 0.29) is 12.0 Å². The third-order valence-corrected chi connectivity index (χ3v) is 2.13. The third-order valence-electron chi connectivity index (χ3n) is 2.13. The van der Waals surface area contributed by atoms with Crippen LogP contribution in [0.3, 0.4) is 0 Å². The highest BCUT2D eigenvalue weighted by Gasteiger charge is 2.17. The molecule has 0 fully saturated rings. The minimum atomic E-state index is -1.14. The SMILES string of the molecule is CC(C)(CCCO)CNC(=O)/C=C/C(=O)O. The molecule has 0 atom stereocenters. The maximum absolute atomic E-state index is 11.2. The zero-order valence-electron chi connectivity index (χ0n) is 9.69. The van der Waals surface area contributed by atoms with Gasteiger partial charge in [-0.2, -0.15) is 0 Å². The summed E-state index contributed by atoms with van der Waals surface area (Å²) >= 11 is 0. The molecule has 0 aromatic carbocycles. The Kier molecular flexibility index (Phi) is 6.41. The van der Waals surface area contributed by atoms with Gasteiger partial charge in [0.2, 0.25) is 5.91 Å². The van der Waals surface area contributed by atoms with E-state index in [1.54, 1.807) is 0 Å². The van der Waals surface area contributed by atoms with Crippen LogP contribution >= 0.6 is 0 Å². The van der Waals surface area contributed by atoms with Gasteiger partial charge in [-0.1, -0.05) is 13.8 Å². The number of carbonyl (C=O) groups excluding carboxylic acids is 1. The van der Waals surface area contributed by atoms with Crippen LogP contribution in [0, 0.1) is 5.41 Å². The van der Waals surface area contributed by atoms with Gasteiger partial charge in [-0.15, -0.1) is 0 Å². The van der Waals surface area contributed by atoms with E-state index in [0.29, 0.717) is 13.0 Å². The number of hydrogen-bond donors (Lipinski definition) is 3. The maximum Gasteiger partial charge on any atom is 0.328 e. The molecule has 0 aliphatic heterocycles. The van der Waals surface area contributed by atoms with Crippen molar-refractivity contribution in [1.29, 1.82) is 0 Å². The first-order valence-corrected chi connectivity index (χ1v) is 5.17. The Bertz CT molecular complexity index is 271. The van der Waals surface area contributed by atoms with Crippen LogP contribution in [0.2, 0.25) is 0 Å². The fraction of sp³-hybridized carbons (Fsp3) is 0.636. The molecule has 5 heteroatoms. The number of carbonyl (C=O) groups is 2. The van der Waals surface area contributed by atoms with Gasteiger partial charge in [-0.25, -0.2) is 4.79 Å². The van der Waals surface area contributed by atoms with Crippen molar-refractivity contribution in [3.8, 4) is 0 Å². The molecule has 0 aromatic rings. The van der Waals surface area contributed by atoms with E-state index in [1.807, 2.05) is 13.8 Å². The van der Waals surface area contributed by atoms with Crippen molar-refractivity contribution in [2.24, 2.45) is 5.41 Å². The van der Waals surface area contributed by atoms with E-state index in [1.165, 1.54) is 0 Å². The summed E-state index contributed by atoms with van der Waals surface area (Å²) in [5.74, 6) is -1.56. The predicted molar refractivity (Wildman–Crippen MR) is 59.9 cm³/mol. The van der Waals surface area contributed by atoms with Crippen molar-refractivity contribution in [3.05, 3.63) is 12.2 Å². The molecular formula is C11H19NO4. The fourth-order valence-electron chi connectivity index (χ4n) is 1.18. The number of aliphatic hydroxyl groups is 1. The normalized spacial score (nSPS) is 11.7. The lowest BCUT2D eigenvalue weighted by atomic mass is 9.88. The van der Waals surface area contributed by atoms with Crippen molar-refractivity contribution in [1.82, 2.24) is 5.32 Å². The topological polar surface area (TPSA) is 86.6 Å². The number of aliphatic hydroxyl groups excluding tert-OH is 1. The molecule has 92 valence electrons. The summed E-state index contributed by atoms with van der Waals surface area (Å²) in [7, 11) is 0. The third kappa shape index (κ3) is 7.99. The second-order valence-corrected chi connectivity index (χ2v) is 4.38. The van der Waals surface area contributed by atoms with Crippen LogP contribution in [0.4, 0.5) is 0 Å². The maximum atomic E-state index is 11.2. The van der Waals surface area contributed by atoms with E-state index in [0.717, 1.165) is 18.6 Å². The molecule has 0 saturated heterocycles. The summed E-state index contributed by atoms with van der Waals surface area (Å²) < 4.78 is 0. The molecule has 0 aliphatic rings. The average molecular weight is 229 g/mol. The molecule has 0 heterocycles. The lowest BCUT2D eigenvalue weighted by Gasteiger charge is -2.24. The Morgan fingerprint density at radius 1 is 1.31 bits per heavy atom. The van der Waals surface area contributed by atoms with Crippen molar-refractivity contribution in [3.63, 3.8) is 0 Å². The smallest absolute Gasteiger partial charge is 0.328 e. The van der Waals surface area contributed by atoms with Crippen LogP contribution < -0.4 is 5.32 Å². The lowest BCUT2D eigenvalue weighted by Crippen LogP contribution is -2.33. The van der Waals surface area contributed by atoms with Crippen LogP contribution in [-0.4, -0.2) is 35.2 Å². The molecule has 16 heavy (non-hydrogen) atoms. The van der Waals surface area contributed by atoms with Gasteiger partial charge in [-0.3, -0.25) is 4.79 Å². The number of nitrogens with one attached hydrogen (secondary N) is 1. The standard InChI is InChI=1S/C11H19NO4/c1-11(2,6-3-7-13)8-12-9(14)4-5-10(15)16/h4-5,13H,3,6-8H2,1-2H3,(H,12,14)(H,15,16)/b5-4+. The minimum absolute atomic E-state index is 0.102. The summed E-state index contributed by atoms with van der Waals surface area (Å²) in [6.07, 6.45) is 3.28. The molecule has 0 aromatic heterocycles. The van der Waals surface area contributed by atoms with Crippen LogP contribution in [0.1, 0.15) is 26.7 Å². The van der Waals surface area contributed by atoms with Crippen LogP contribution in [0.15, 0.2) is 12.2 Å². The molecule has 0 unspecified atom stereocenters. The van der Waals surface area contributed by atoms with Gasteiger partial charge in [0, 0.05) is 25.3 Å². The predicted octanol–water partition coefficient (Wildman–Crippen LogP) is 0.542. The number of rotatable bonds is 7. The summed E-state index contributed by atoms with van der Waals surface area (Å²) in [6.45, 7) is 4.54. The zero-order valence-corrected chi connectivity index (χ0v) is 9.69. The van der Waals surface area contributed by atoms with Gasteiger partial charge >= 0.3 is 5.97 Å². The van der Waals surface area contributed by atoms with E-state index in [4.69, 9.17) is 10.2 Å². The molecule has 0 radical (unpaired) electrons. The molecule has 1 amide bonds. The van der Waals surface area contributed by atoms with E-state index in [2.05, 4.69) is 5.32 Å². The molecule has 0 aliphatic carbocycles. The molecular weight excluding hydrogens is 210 g/mol. The molecule has 0 spiro atoms. The number of aliphatic carboxylic acids is 1. The van der Waals surface area contributed by atoms with Crippen molar-refractivity contribution < 1.29 is 19.8 Å².